The van der Waals surface area contributed by atoms with Gasteiger partial charge in [-0.3, -0.25) is 4.79 Å². The van der Waals surface area contributed by atoms with Crippen molar-refractivity contribution in [1.82, 2.24) is 0 Å². The van der Waals surface area contributed by atoms with Crippen LogP contribution in [0.5, 0.6) is 0 Å². The maximum atomic E-state index is 9.58. The smallest absolute Gasteiger partial charge is 0.293 e. The summed E-state index contributed by atoms with van der Waals surface area (Å²) in [5.74, 6) is 1.53. The minimum absolute atomic E-state index is 0.503. The van der Waals surface area contributed by atoms with Crippen LogP contribution in [0, 0.1) is 5.92 Å². The van der Waals surface area contributed by atoms with Crippen molar-refractivity contribution in [2.24, 2.45) is 0 Å². The first kappa shape index (κ1) is 5.60. The first-order valence-electron chi connectivity index (χ1n) is 2.82. The van der Waals surface area contributed by atoms with Gasteiger partial charge in [0.05, 0.1) is 6.61 Å². The highest BCUT2D eigenvalue weighted by molar-refractivity contribution is 5.36. The van der Waals surface area contributed by atoms with Crippen LogP contribution in [0.15, 0.2) is 0 Å². The molecule has 1 fully saturated rings. The van der Waals surface area contributed by atoms with Crippen molar-refractivity contribution in [3.05, 3.63) is 5.92 Å². The van der Waals surface area contributed by atoms with E-state index in [-0.39, 0.29) is 0 Å². The van der Waals surface area contributed by atoms with E-state index in [4.69, 9.17) is 0 Å². The summed E-state index contributed by atoms with van der Waals surface area (Å²) >= 11 is 0. The minimum Gasteiger partial charge on any atom is -0.468 e. The largest absolute Gasteiger partial charge is 0.468 e. The van der Waals surface area contributed by atoms with E-state index >= 15 is 0 Å². The Bertz CT molecular complexity index is 76.6. The molecule has 1 radical (unpaired) electrons. The van der Waals surface area contributed by atoms with E-state index in [1.54, 1.807) is 0 Å². The zero-order valence-corrected chi connectivity index (χ0v) is 4.72. The molecule has 0 unspecified atom stereocenters. The third-order valence-electron chi connectivity index (χ3n) is 1.25. The summed E-state index contributed by atoms with van der Waals surface area (Å²) in [5, 5.41) is 0. The molecule has 0 aromatic rings. The number of hydrogen-bond acceptors (Lipinski definition) is 2. The van der Waals surface area contributed by atoms with Gasteiger partial charge in [-0.05, 0) is 25.2 Å². The molecular weight excluding hydrogens is 104 g/mol. The Morgan fingerprint density at radius 1 is 1.62 bits per heavy atom. The summed E-state index contributed by atoms with van der Waals surface area (Å²) < 4.78 is 4.48. The molecule has 0 bridgehead atoms. The fourth-order valence-electron chi connectivity index (χ4n) is 0.590. The molecule has 1 aliphatic rings. The fraction of sp³-hybridized carbons (Fsp3) is 0.667. The van der Waals surface area contributed by atoms with Crippen molar-refractivity contribution in [2.75, 3.05) is 6.61 Å². The molecule has 0 amide bonds. The molecule has 0 aromatic heterocycles. The van der Waals surface area contributed by atoms with Gasteiger partial charge in [-0.2, -0.15) is 0 Å². The Morgan fingerprint density at radius 2 is 2.38 bits per heavy atom. The molecule has 8 heavy (non-hydrogen) atoms. The van der Waals surface area contributed by atoms with Crippen molar-refractivity contribution in [3.8, 4) is 0 Å². The van der Waals surface area contributed by atoms with Gasteiger partial charge in [-0.15, -0.1) is 0 Å². The predicted molar refractivity (Wildman–Crippen MR) is 29.1 cm³/mol. The maximum Gasteiger partial charge on any atom is 0.293 e. The Morgan fingerprint density at radius 3 is 2.88 bits per heavy atom. The van der Waals surface area contributed by atoms with Crippen molar-refractivity contribution in [3.63, 3.8) is 0 Å². The second-order valence-corrected chi connectivity index (χ2v) is 1.97. The topological polar surface area (TPSA) is 26.3 Å². The van der Waals surface area contributed by atoms with Crippen LogP contribution in [0.1, 0.15) is 19.3 Å². The molecule has 1 rings (SSSR count). The van der Waals surface area contributed by atoms with Crippen LogP contribution < -0.4 is 0 Å². The number of rotatable bonds is 4. The second-order valence-electron chi connectivity index (χ2n) is 1.97. The lowest BCUT2D eigenvalue weighted by atomic mass is 10.3. The molecule has 0 heterocycles. The standard InChI is InChI=1S/C6H9O2/c7-5-8-4-3-6-1-2-6/h5H,1-4H2. The molecule has 2 nitrogen and oxygen atoms in total. The van der Waals surface area contributed by atoms with Gasteiger partial charge in [0.2, 0.25) is 0 Å². The summed E-state index contributed by atoms with van der Waals surface area (Å²) in [4.78, 5) is 9.58. The highest BCUT2D eigenvalue weighted by Crippen LogP contribution is 2.34. The van der Waals surface area contributed by atoms with Gasteiger partial charge >= 0.3 is 0 Å². The zero-order chi connectivity index (χ0) is 5.82. The monoisotopic (exact) mass is 113 g/mol. The van der Waals surface area contributed by atoms with Crippen LogP contribution in [-0.2, 0) is 9.53 Å². The molecular formula is C6H9O2. The first-order valence-corrected chi connectivity index (χ1v) is 2.82. The van der Waals surface area contributed by atoms with Crippen LogP contribution in [0.25, 0.3) is 0 Å². The van der Waals surface area contributed by atoms with Crippen molar-refractivity contribution >= 4 is 6.47 Å². The molecule has 1 saturated carbocycles. The number of hydrogen-bond donors (Lipinski definition) is 0. The summed E-state index contributed by atoms with van der Waals surface area (Å²) in [7, 11) is 0. The van der Waals surface area contributed by atoms with Crippen LogP contribution in [-0.4, -0.2) is 13.1 Å². The molecule has 0 aromatic carbocycles. The van der Waals surface area contributed by atoms with Crippen LogP contribution in [0.3, 0.4) is 0 Å². The highest BCUT2D eigenvalue weighted by Gasteiger charge is 2.21. The molecule has 0 atom stereocenters. The third kappa shape index (κ3) is 1.96. The van der Waals surface area contributed by atoms with E-state index in [1.165, 1.54) is 18.8 Å². The SMILES string of the molecule is O=COCC[C]1CC1. The second kappa shape index (κ2) is 2.70. The van der Waals surface area contributed by atoms with E-state index in [1.807, 2.05) is 0 Å². The number of carbonyl (C=O) groups is 1. The molecule has 1 aliphatic carbocycles. The van der Waals surface area contributed by atoms with E-state index in [2.05, 4.69) is 4.74 Å². The Labute approximate surface area is 48.8 Å². The van der Waals surface area contributed by atoms with Crippen molar-refractivity contribution < 1.29 is 9.53 Å². The summed E-state index contributed by atoms with van der Waals surface area (Å²) in [6, 6.07) is 0. The zero-order valence-electron chi connectivity index (χ0n) is 4.72. The van der Waals surface area contributed by atoms with Gasteiger partial charge in [0.1, 0.15) is 0 Å². The average Bonchev–Trinajstić information content (AvgIpc) is 2.51. The van der Waals surface area contributed by atoms with E-state index in [0.29, 0.717) is 13.1 Å². The predicted octanol–water partition coefficient (Wildman–Crippen LogP) is 0.918. The van der Waals surface area contributed by atoms with Crippen LogP contribution in [0.4, 0.5) is 0 Å². The molecule has 0 saturated heterocycles. The molecule has 45 valence electrons. The molecule has 0 spiro atoms. The number of ether oxygens (including phenoxy) is 1. The van der Waals surface area contributed by atoms with E-state index in [9.17, 15) is 4.79 Å². The van der Waals surface area contributed by atoms with Crippen molar-refractivity contribution in [2.45, 2.75) is 19.3 Å². The van der Waals surface area contributed by atoms with Gasteiger partial charge in [0.25, 0.3) is 6.47 Å². The van der Waals surface area contributed by atoms with Gasteiger partial charge in [0, 0.05) is 0 Å². The summed E-state index contributed by atoms with van der Waals surface area (Å²) in [6.45, 7) is 1.09. The van der Waals surface area contributed by atoms with E-state index in [0.717, 1.165) is 6.42 Å². The van der Waals surface area contributed by atoms with E-state index < -0.39 is 0 Å². The van der Waals surface area contributed by atoms with Gasteiger partial charge in [-0.1, -0.05) is 0 Å². The minimum atomic E-state index is 0.503. The Kier molecular flexibility index (Phi) is 1.89. The van der Waals surface area contributed by atoms with Gasteiger partial charge in [-0.25, -0.2) is 0 Å². The maximum absolute atomic E-state index is 9.58. The first-order chi connectivity index (χ1) is 3.93. The highest BCUT2D eigenvalue weighted by atomic mass is 16.5. The molecule has 0 aliphatic heterocycles. The lowest BCUT2D eigenvalue weighted by Crippen LogP contribution is -1.90. The van der Waals surface area contributed by atoms with Gasteiger partial charge in [0.15, 0.2) is 0 Å². The van der Waals surface area contributed by atoms with Crippen LogP contribution in [0.2, 0.25) is 0 Å². The lowest BCUT2D eigenvalue weighted by molar-refractivity contribution is -0.128. The quantitative estimate of drug-likeness (QED) is 0.400. The lowest BCUT2D eigenvalue weighted by Gasteiger charge is -1.92. The molecule has 2 heteroatoms. The van der Waals surface area contributed by atoms with Crippen molar-refractivity contribution in [1.29, 1.82) is 0 Å². The third-order valence-corrected chi connectivity index (χ3v) is 1.25. The number of carbonyl (C=O) groups excluding carboxylic acids is 1. The summed E-state index contributed by atoms with van der Waals surface area (Å²) in [5.41, 5.74) is 0. The Balaban J connectivity index is 1.80. The molecule has 0 N–H and O–H groups in total. The average molecular weight is 113 g/mol. The summed E-state index contributed by atoms with van der Waals surface area (Å²) in [6.07, 6.45) is 3.49. The normalized spacial score (nSPS) is 18.0. The fourth-order valence-corrected chi connectivity index (χ4v) is 0.590. The Hall–Kier alpha value is -0.530. The van der Waals surface area contributed by atoms with Crippen LogP contribution >= 0.6 is 0 Å². The van der Waals surface area contributed by atoms with Gasteiger partial charge < -0.3 is 4.74 Å².